The second kappa shape index (κ2) is 8.22. The molecule has 3 rings (SSSR count). The summed E-state index contributed by atoms with van der Waals surface area (Å²) in [4.78, 5) is 10.8. The Labute approximate surface area is 176 Å². The molecule has 6 nitrogen and oxygen atoms in total. The van der Waals surface area contributed by atoms with Crippen molar-refractivity contribution in [2.75, 3.05) is 10.0 Å². The molecule has 32 heavy (non-hydrogen) atoms. The lowest BCUT2D eigenvalue weighted by Gasteiger charge is -2.15. The van der Waals surface area contributed by atoms with Gasteiger partial charge < -0.3 is 9.73 Å². The van der Waals surface area contributed by atoms with Crippen LogP contribution in [0.25, 0.3) is 0 Å². The number of amides is 1. The average molecular weight is 478 g/mol. The first-order valence-corrected chi connectivity index (χ1v) is 10.0. The van der Waals surface area contributed by atoms with Gasteiger partial charge in [-0.1, -0.05) is 6.07 Å². The second-order valence-electron chi connectivity index (χ2n) is 6.36. The number of alkyl halides is 6. The van der Waals surface area contributed by atoms with Gasteiger partial charge in [0, 0.05) is 5.69 Å². The fourth-order valence-electron chi connectivity index (χ4n) is 2.56. The Hall–Kier alpha value is -3.48. The van der Waals surface area contributed by atoms with Crippen molar-refractivity contribution in [1.29, 1.82) is 0 Å². The summed E-state index contributed by atoms with van der Waals surface area (Å²) in [7, 11) is -4.85. The van der Waals surface area contributed by atoms with Crippen molar-refractivity contribution in [3.8, 4) is 0 Å². The van der Waals surface area contributed by atoms with Crippen LogP contribution in [0.1, 0.15) is 21.7 Å². The lowest BCUT2D eigenvalue weighted by molar-refractivity contribution is -0.143. The Morgan fingerprint density at radius 2 is 1.41 bits per heavy atom. The van der Waals surface area contributed by atoms with Crippen LogP contribution in [0.15, 0.2) is 70.2 Å². The summed E-state index contributed by atoms with van der Waals surface area (Å²) in [6, 6.07) is 7.85. The van der Waals surface area contributed by atoms with E-state index in [0.717, 1.165) is 6.07 Å². The standard InChI is InChI=1S/C19H12F6N2O4S/c20-18(21,22)11-7-12(19(23,24)25)9-15(8-11)32(29,30)27-14-4-1-3-13(10-14)26-17(28)16-5-2-6-31-16/h1-10,27H,(H,26,28). The molecule has 0 aliphatic rings. The van der Waals surface area contributed by atoms with Gasteiger partial charge in [0.15, 0.2) is 5.76 Å². The van der Waals surface area contributed by atoms with Crippen molar-refractivity contribution in [3.63, 3.8) is 0 Å². The van der Waals surface area contributed by atoms with E-state index in [0.29, 0.717) is 0 Å². The number of sulfonamides is 1. The third kappa shape index (κ3) is 5.41. The van der Waals surface area contributed by atoms with E-state index in [9.17, 15) is 39.6 Å². The van der Waals surface area contributed by atoms with Crippen LogP contribution in [-0.2, 0) is 22.4 Å². The summed E-state index contributed by atoms with van der Waals surface area (Å²) in [5, 5.41) is 2.40. The average Bonchev–Trinajstić information content (AvgIpc) is 3.21. The van der Waals surface area contributed by atoms with Gasteiger partial charge in [-0.05, 0) is 48.5 Å². The van der Waals surface area contributed by atoms with Gasteiger partial charge in [-0.3, -0.25) is 9.52 Å². The number of carbonyl (C=O) groups is 1. The van der Waals surface area contributed by atoms with E-state index >= 15 is 0 Å². The molecule has 0 bridgehead atoms. The maximum absolute atomic E-state index is 13.0. The quantitative estimate of drug-likeness (QED) is 0.483. The van der Waals surface area contributed by atoms with Crippen LogP contribution in [0.3, 0.4) is 0 Å². The van der Waals surface area contributed by atoms with Gasteiger partial charge in [-0.25, -0.2) is 8.42 Å². The second-order valence-corrected chi connectivity index (χ2v) is 8.04. The number of halogens is 6. The molecule has 0 spiro atoms. The first-order valence-electron chi connectivity index (χ1n) is 8.53. The molecule has 0 aliphatic heterocycles. The zero-order valence-electron chi connectivity index (χ0n) is 15.6. The van der Waals surface area contributed by atoms with Gasteiger partial charge >= 0.3 is 12.4 Å². The summed E-state index contributed by atoms with van der Waals surface area (Å²) in [5.41, 5.74) is -3.67. The molecule has 3 aromatic rings. The first-order chi connectivity index (χ1) is 14.8. The molecule has 13 heteroatoms. The molecular weight excluding hydrogens is 466 g/mol. The Morgan fingerprint density at radius 3 is 1.94 bits per heavy atom. The van der Waals surface area contributed by atoms with E-state index in [4.69, 9.17) is 4.42 Å². The zero-order chi connectivity index (χ0) is 23.7. The van der Waals surface area contributed by atoms with Crippen molar-refractivity contribution in [2.45, 2.75) is 17.2 Å². The predicted octanol–water partition coefficient (Wildman–Crippen LogP) is 5.37. The number of rotatable bonds is 5. The lowest BCUT2D eigenvalue weighted by Crippen LogP contribution is -2.17. The van der Waals surface area contributed by atoms with E-state index in [1.54, 1.807) is 0 Å². The molecule has 0 fully saturated rings. The van der Waals surface area contributed by atoms with Gasteiger partial charge in [-0.15, -0.1) is 0 Å². The summed E-state index contributed by atoms with van der Waals surface area (Å²) >= 11 is 0. The number of hydrogen-bond acceptors (Lipinski definition) is 4. The van der Waals surface area contributed by atoms with Crippen molar-refractivity contribution >= 4 is 27.3 Å². The summed E-state index contributed by atoms with van der Waals surface area (Å²) in [6.07, 6.45) is -9.16. The molecule has 2 N–H and O–H groups in total. The maximum atomic E-state index is 13.0. The highest BCUT2D eigenvalue weighted by atomic mass is 32.2. The monoisotopic (exact) mass is 478 g/mol. The minimum atomic E-state index is -5.21. The lowest BCUT2D eigenvalue weighted by atomic mass is 10.1. The van der Waals surface area contributed by atoms with Crippen LogP contribution in [0.5, 0.6) is 0 Å². The molecule has 0 saturated carbocycles. The molecular formula is C19H12F6N2O4S. The van der Waals surface area contributed by atoms with E-state index in [1.807, 2.05) is 4.72 Å². The fourth-order valence-corrected chi connectivity index (χ4v) is 3.68. The van der Waals surface area contributed by atoms with Crippen molar-refractivity contribution < 1.29 is 44.0 Å². The number of nitrogens with one attached hydrogen (secondary N) is 2. The minimum Gasteiger partial charge on any atom is -0.459 e. The molecule has 0 aliphatic carbocycles. The van der Waals surface area contributed by atoms with Crippen molar-refractivity contribution in [2.24, 2.45) is 0 Å². The molecule has 2 aromatic carbocycles. The van der Waals surface area contributed by atoms with E-state index in [1.165, 1.54) is 36.6 Å². The third-order valence-corrected chi connectivity index (χ3v) is 5.35. The normalized spacial score (nSPS) is 12.4. The summed E-state index contributed by atoms with van der Waals surface area (Å²) in [6.45, 7) is 0. The topological polar surface area (TPSA) is 88.4 Å². The molecule has 0 atom stereocenters. The molecule has 0 radical (unpaired) electrons. The number of anilines is 2. The Balaban J connectivity index is 1.92. The van der Waals surface area contributed by atoms with E-state index < -0.39 is 44.3 Å². The van der Waals surface area contributed by atoms with Gasteiger partial charge in [-0.2, -0.15) is 26.3 Å². The van der Waals surface area contributed by atoms with Crippen LogP contribution < -0.4 is 10.0 Å². The molecule has 170 valence electrons. The van der Waals surface area contributed by atoms with Crippen LogP contribution in [0.4, 0.5) is 37.7 Å². The SMILES string of the molecule is O=C(Nc1cccc(NS(=O)(=O)c2cc(C(F)(F)F)cc(C(F)(F)F)c2)c1)c1ccco1. The minimum absolute atomic E-state index is 0.0420. The zero-order valence-corrected chi connectivity index (χ0v) is 16.4. The first kappa shape index (κ1) is 23.2. The summed E-state index contributed by atoms with van der Waals surface area (Å²) < 4.78 is 110. The van der Waals surface area contributed by atoms with E-state index in [-0.39, 0.29) is 35.3 Å². The number of carbonyl (C=O) groups excluding carboxylic acids is 1. The van der Waals surface area contributed by atoms with Gasteiger partial charge in [0.05, 0.1) is 28.0 Å². The number of benzene rings is 2. The summed E-state index contributed by atoms with van der Waals surface area (Å²) in [5.74, 6) is -0.706. The van der Waals surface area contributed by atoms with Gasteiger partial charge in [0.25, 0.3) is 15.9 Å². The smallest absolute Gasteiger partial charge is 0.416 e. The Kier molecular flexibility index (Phi) is 5.96. The largest absolute Gasteiger partial charge is 0.459 e. The molecule has 0 unspecified atom stereocenters. The van der Waals surface area contributed by atoms with Crippen LogP contribution in [0, 0.1) is 0 Å². The van der Waals surface area contributed by atoms with E-state index in [2.05, 4.69) is 5.32 Å². The highest BCUT2D eigenvalue weighted by molar-refractivity contribution is 7.92. The van der Waals surface area contributed by atoms with Crippen LogP contribution >= 0.6 is 0 Å². The van der Waals surface area contributed by atoms with Gasteiger partial charge in [0.1, 0.15) is 0 Å². The molecule has 0 saturated heterocycles. The molecule has 1 amide bonds. The Bertz CT molecular complexity index is 1200. The van der Waals surface area contributed by atoms with Crippen molar-refractivity contribution in [3.05, 3.63) is 77.7 Å². The fraction of sp³-hybridized carbons (Fsp3) is 0.105. The maximum Gasteiger partial charge on any atom is 0.416 e. The highest BCUT2D eigenvalue weighted by Crippen LogP contribution is 2.37. The number of hydrogen-bond donors (Lipinski definition) is 2. The van der Waals surface area contributed by atoms with Crippen molar-refractivity contribution in [1.82, 2.24) is 0 Å². The number of furan rings is 1. The third-order valence-electron chi connectivity index (χ3n) is 3.99. The molecule has 1 aromatic heterocycles. The highest BCUT2D eigenvalue weighted by Gasteiger charge is 2.38. The van der Waals surface area contributed by atoms with Crippen LogP contribution in [-0.4, -0.2) is 14.3 Å². The van der Waals surface area contributed by atoms with Crippen LogP contribution in [0.2, 0.25) is 0 Å². The predicted molar refractivity (Wildman–Crippen MR) is 100 cm³/mol. The molecule has 1 heterocycles. The Morgan fingerprint density at radius 1 is 0.812 bits per heavy atom. The van der Waals surface area contributed by atoms with Gasteiger partial charge in [0.2, 0.25) is 0 Å².